The van der Waals surface area contributed by atoms with Gasteiger partial charge >= 0.3 is 0 Å². The molecular formula is C22H21N3O. The first kappa shape index (κ1) is 16.4. The molecule has 130 valence electrons. The van der Waals surface area contributed by atoms with Gasteiger partial charge in [-0.15, -0.1) is 0 Å². The highest BCUT2D eigenvalue weighted by Gasteiger charge is 2.13. The van der Waals surface area contributed by atoms with Crippen molar-refractivity contribution in [3.05, 3.63) is 83.9 Å². The second-order valence-corrected chi connectivity index (χ2v) is 6.27. The number of fused-ring (bicyclic) bond motifs is 1. The van der Waals surface area contributed by atoms with Crippen molar-refractivity contribution in [3.8, 4) is 17.0 Å². The summed E-state index contributed by atoms with van der Waals surface area (Å²) in [6.07, 6.45) is 0. The molecular weight excluding hydrogens is 322 g/mol. The minimum atomic E-state index is 0.548. The van der Waals surface area contributed by atoms with Crippen LogP contribution in [0.4, 0.5) is 0 Å². The minimum Gasteiger partial charge on any atom is -0.497 e. The Labute approximate surface area is 152 Å². The Kier molecular flexibility index (Phi) is 4.42. The van der Waals surface area contributed by atoms with E-state index in [9.17, 15) is 0 Å². The third kappa shape index (κ3) is 3.07. The average Bonchev–Trinajstić information content (AvgIpc) is 3.06. The van der Waals surface area contributed by atoms with Gasteiger partial charge in [0.25, 0.3) is 0 Å². The van der Waals surface area contributed by atoms with E-state index in [2.05, 4.69) is 59.3 Å². The first-order chi connectivity index (χ1) is 12.8. The van der Waals surface area contributed by atoms with Crippen LogP contribution in [0.1, 0.15) is 11.1 Å². The number of hydrogen-bond acceptors (Lipinski definition) is 3. The van der Waals surface area contributed by atoms with Crippen LogP contribution < -0.4 is 10.5 Å². The maximum Gasteiger partial charge on any atom is 0.118 e. The van der Waals surface area contributed by atoms with Crippen LogP contribution in [0.15, 0.2) is 72.8 Å². The summed E-state index contributed by atoms with van der Waals surface area (Å²) in [4.78, 5) is 0. The maximum absolute atomic E-state index is 5.74. The topological polar surface area (TPSA) is 53.1 Å². The van der Waals surface area contributed by atoms with Crippen molar-refractivity contribution < 1.29 is 4.74 Å². The number of nitrogens with zero attached hydrogens (tertiary/aromatic N) is 2. The zero-order chi connectivity index (χ0) is 17.9. The zero-order valence-electron chi connectivity index (χ0n) is 14.7. The van der Waals surface area contributed by atoms with Gasteiger partial charge in [-0.05, 0) is 29.3 Å². The van der Waals surface area contributed by atoms with Gasteiger partial charge in [0.1, 0.15) is 5.75 Å². The molecule has 0 amide bonds. The third-order valence-corrected chi connectivity index (χ3v) is 4.60. The van der Waals surface area contributed by atoms with Crippen LogP contribution in [-0.4, -0.2) is 16.9 Å². The maximum atomic E-state index is 5.74. The molecule has 2 N–H and O–H groups in total. The molecule has 0 unspecified atom stereocenters. The van der Waals surface area contributed by atoms with Crippen LogP contribution in [0.25, 0.3) is 22.2 Å². The second kappa shape index (κ2) is 7.02. The summed E-state index contributed by atoms with van der Waals surface area (Å²) in [5, 5.41) is 5.98. The lowest BCUT2D eigenvalue weighted by Gasteiger charge is -2.10. The average molecular weight is 343 g/mol. The molecule has 4 rings (SSSR count). The van der Waals surface area contributed by atoms with E-state index in [4.69, 9.17) is 15.6 Å². The van der Waals surface area contributed by atoms with E-state index < -0.39 is 0 Å². The Morgan fingerprint density at radius 3 is 2.27 bits per heavy atom. The van der Waals surface area contributed by atoms with Crippen molar-refractivity contribution in [1.29, 1.82) is 0 Å². The molecule has 0 radical (unpaired) electrons. The predicted molar refractivity (Wildman–Crippen MR) is 105 cm³/mol. The molecule has 0 atom stereocenters. The third-order valence-electron chi connectivity index (χ3n) is 4.60. The molecule has 3 aromatic carbocycles. The summed E-state index contributed by atoms with van der Waals surface area (Å²) in [6, 6.07) is 24.8. The molecule has 0 aliphatic carbocycles. The molecule has 0 saturated carbocycles. The highest BCUT2D eigenvalue weighted by molar-refractivity contribution is 5.93. The lowest BCUT2D eigenvalue weighted by molar-refractivity contribution is 0.414. The van der Waals surface area contributed by atoms with Crippen LogP contribution in [0.5, 0.6) is 5.75 Å². The van der Waals surface area contributed by atoms with E-state index in [1.54, 1.807) is 7.11 Å². The summed E-state index contributed by atoms with van der Waals surface area (Å²) in [7, 11) is 1.68. The molecule has 0 aliphatic heterocycles. The molecule has 26 heavy (non-hydrogen) atoms. The van der Waals surface area contributed by atoms with E-state index in [-0.39, 0.29) is 0 Å². The van der Waals surface area contributed by atoms with Crippen molar-refractivity contribution in [3.63, 3.8) is 0 Å². The van der Waals surface area contributed by atoms with E-state index in [0.29, 0.717) is 13.1 Å². The quantitative estimate of drug-likeness (QED) is 0.590. The van der Waals surface area contributed by atoms with Crippen molar-refractivity contribution in [2.75, 3.05) is 7.11 Å². The number of benzene rings is 3. The largest absolute Gasteiger partial charge is 0.497 e. The van der Waals surface area contributed by atoms with E-state index in [1.807, 2.05) is 18.2 Å². The fourth-order valence-corrected chi connectivity index (χ4v) is 3.20. The van der Waals surface area contributed by atoms with Gasteiger partial charge in [0.05, 0.1) is 24.9 Å². The van der Waals surface area contributed by atoms with Crippen LogP contribution in [0, 0.1) is 0 Å². The molecule has 0 saturated heterocycles. The fourth-order valence-electron chi connectivity index (χ4n) is 3.20. The molecule has 0 spiro atoms. The minimum absolute atomic E-state index is 0.548. The first-order valence-corrected chi connectivity index (χ1v) is 8.66. The monoisotopic (exact) mass is 343 g/mol. The number of hydrogen-bond donors (Lipinski definition) is 1. The van der Waals surface area contributed by atoms with E-state index >= 15 is 0 Å². The Hall–Kier alpha value is -3.11. The van der Waals surface area contributed by atoms with Crippen molar-refractivity contribution >= 4 is 10.9 Å². The number of rotatable bonds is 5. The molecule has 1 heterocycles. The van der Waals surface area contributed by atoms with Crippen LogP contribution in [0.2, 0.25) is 0 Å². The van der Waals surface area contributed by atoms with Crippen molar-refractivity contribution in [2.45, 2.75) is 13.1 Å². The smallest absolute Gasteiger partial charge is 0.118 e. The molecule has 4 heteroatoms. The van der Waals surface area contributed by atoms with Crippen molar-refractivity contribution in [2.24, 2.45) is 5.73 Å². The molecule has 1 aromatic heterocycles. The number of aromatic nitrogens is 2. The number of nitrogens with two attached hydrogens (primary N) is 1. The molecule has 0 fully saturated rings. The Morgan fingerprint density at radius 1 is 0.885 bits per heavy atom. The Morgan fingerprint density at radius 2 is 1.58 bits per heavy atom. The standard InChI is InChI=1S/C22H21N3O/c1-26-19-12-8-17(9-13-19)15-25-22(18-10-6-16(14-23)7-11-18)20-4-2-3-5-21(20)24-25/h2-13H,14-15,23H2,1H3. The van der Waals surface area contributed by atoms with Gasteiger partial charge in [-0.2, -0.15) is 5.10 Å². The number of ether oxygens (including phenoxy) is 1. The van der Waals surface area contributed by atoms with E-state index in [1.165, 1.54) is 5.56 Å². The van der Waals surface area contributed by atoms with Gasteiger partial charge in [-0.25, -0.2) is 0 Å². The summed E-state index contributed by atoms with van der Waals surface area (Å²) in [6.45, 7) is 1.25. The first-order valence-electron chi connectivity index (χ1n) is 8.66. The van der Waals surface area contributed by atoms with Gasteiger partial charge < -0.3 is 10.5 Å². The highest BCUT2D eigenvalue weighted by atomic mass is 16.5. The normalized spacial score (nSPS) is 11.0. The summed E-state index contributed by atoms with van der Waals surface area (Å²) >= 11 is 0. The second-order valence-electron chi connectivity index (χ2n) is 6.27. The van der Waals surface area contributed by atoms with Crippen LogP contribution >= 0.6 is 0 Å². The summed E-state index contributed by atoms with van der Waals surface area (Å²) in [5.41, 5.74) is 11.3. The number of methoxy groups -OCH3 is 1. The van der Waals surface area contributed by atoms with E-state index in [0.717, 1.165) is 33.5 Å². The van der Waals surface area contributed by atoms with Gasteiger partial charge in [0.2, 0.25) is 0 Å². The van der Waals surface area contributed by atoms with Crippen molar-refractivity contribution in [1.82, 2.24) is 9.78 Å². The van der Waals surface area contributed by atoms with Gasteiger partial charge in [0, 0.05) is 17.5 Å². The Bertz CT molecular complexity index is 1020. The van der Waals surface area contributed by atoms with Crippen LogP contribution in [0.3, 0.4) is 0 Å². The van der Waals surface area contributed by atoms with Gasteiger partial charge in [-0.3, -0.25) is 4.68 Å². The Balaban J connectivity index is 1.79. The zero-order valence-corrected chi connectivity index (χ0v) is 14.7. The molecule has 4 nitrogen and oxygen atoms in total. The lowest BCUT2D eigenvalue weighted by Crippen LogP contribution is -2.04. The SMILES string of the molecule is COc1ccc(Cn2nc3ccccc3c2-c2ccc(CN)cc2)cc1. The predicted octanol–water partition coefficient (Wildman–Crippen LogP) is 4.22. The highest BCUT2D eigenvalue weighted by Crippen LogP contribution is 2.29. The van der Waals surface area contributed by atoms with Gasteiger partial charge in [-0.1, -0.05) is 54.6 Å². The van der Waals surface area contributed by atoms with Crippen LogP contribution in [-0.2, 0) is 13.1 Å². The summed E-state index contributed by atoms with van der Waals surface area (Å²) in [5.74, 6) is 0.858. The molecule has 0 aliphatic rings. The molecule has 0 bridgehead atoms. The molecule has 4 aromatic rings. The lowest BCUT2D eigenvalue weighted by atomic mass is 10.1. The summed E-state index contributed by atoms with van der Waals surface area (Å²) < 4.78 is 7.32. The fraction of sp³-hybridized carbons (Fsp3) is 0.136. The van der Waals surface area contributed by atoms with Gasteiger partial charge in [0.15, 0.2) is 0 Å².